The highest BCUT2D eigenvalue weighted by molar-refractivity contribution is 6.31. The van der Waals surface area contributed by atoms with Crippen LogP contribution in [-0.4, -0.2) is 87.1 Å². The van der Waals surface area contributed by atoms with Crippen LogP contribution in [-0.2, 0) is 9.53 Å². The highest BCUT2D eigenvalue weighted by Gasteiger charge is 2.28. The fourth-order valence-electron chi connectivity index (χ4n) is 4.04. The summed E-state index contributed by atoms with van der Waals surface area (Å²) in [6.07, 6.45) is 1.86. The molecule has 33 heavy (non-hydrogen) atoms. The molecular weight excluding hydrogens is 450 g/mol. The number of nitrogens with zero attached hydrogens (tertiary/aromatic N) is 1. The standard InChI is InChI=1S/C23H34ClN3O6/c1-2-31-21(29)14-25-6-3-7-27-8-5-16(19(28)15-27)13-26-23(30)18-11-17(24)12-20-22(18)33-10-4-9-32-20/h11-12,16,19,25,28H,2-10,13-15H2,1H3,(H,26,30)/t16-,19?/m0/s1. The summed E-state index contributed by atoms with van der Waals surface area (Å²) < 4.78 is 16.3. The number of likely N-dealkylation sites (tertiary alicyclic amines) is 1. The van der Waals surface area contributed by atoms with E-state index in [1.165, 1.54) is 0 Å². The number of carbonyl (C=O) groups excluding carboxylic acids is 2. The van der Waals surface area contributed by atoms with Crippen LogP contribution in [0, 0.1) is 5.92 Å². The minimum absolute atomic E-state index is 0.0258. The van der Waals surface area contributed by atoms with E-state index < -0.39 is 6.10 Å². The fourth-order valence-corrected chi connectivity index (χ4v) is 4.25. The van der Waals surface area contributed by atoms with Crippen LogP contribution in [0.15, 0.2) is 12.1 Å². The first-order valence-electron chi connectivity index (χ1n) is 11.6. The van der Waals surface area contributed by atoms with Gasteiger partial charge in [-0.1, -0.05) is 11.6 Å². The summed E-state index contributed by atoms with van der Waals surface area (Å²) in [5.74, 6) is 0.337. The van der Waals surface area contributed by atoms with Crippen molar-refractivity contribution in [1.29, 1.82) is 0 Å². The average molecular weight is 484 g/mol. The molecular formula is C23H34ClN3O6. The lowest BCUT2D eigenvalue weighted by Gasteiger charge is -2.36. The van der Waals surface area contributed by atoms with Gasteiger partial charge in [0.2, 0.25) is 0 Å². The molecule has 0 bridgehead atoms. The topological polar surface area (TPSA) is 109 Å². The molecule has 1 saturated heterocycles. The Labute approximate surface area is 199 Å². The number of aliphatic hydroxyl groups excluding tert-OH is 1. The summed E-state index contributed by atoms with van der Waals surface area (Å²) >= 11 is 6.17. The fraction of sp³-hybridized carbons (Fsp3) is 0.652. The van der Waals surface area contributed by atoms with Crippen molar-refractivity contribution < 1.29 is 28.9 Å². The Balaban J connectivity index is 1.41. The lowest BCUT2D eigenvalue weighted by atomic mass is 9.93. The Kier molecular flexibility index (Phi) is 10.1. The number of hydrogen-bond donors (Lipinski definition) is 3. The minimum atomic E-state index is -0.525. The molecule has 1 unspecified atom stereocenters. The second-order valence-electron chi connectivity index (χ2n) is 8.29. The summed E-state index contributed by atoms with van der Waals surface area (Å²) in [4.78, 5) is 26.4. The Morgan fingerprint density at radius 1 is 1.30 bits per heavy atom. The molecule has 0 radical (unpaired) electrons. The summed E-state index contributed by atoms with van der Waals surface area (Å²) in [5, 5.41) is 17.0. The lowest BCUT2D eigenvalue weighted by Crippen LogP contribution is -2.48. The van der Waals surface area contributed by atoms with E-state index in [-0.39, 0.29) is 24.3 Å². The summed E-state index contributed by atoms with van der Waals surface area (Å²) in [7, 11) is 0. The van der Waals surface area contributed by atoms with Gasteiger partial charge >= 0.3 is 5.97 Å². The molecule has 0 saturated carbocycles. The minimum Gasteiger partial charge on any atom is -0.489 e. The van der Waals surface area contributed by atoms with Gasteiger partial charge in [0.05, 0.1) is 38.0 Å². The number of fused-ring (bicyclic) bond motifs is 1. The predicted octanol–water partition coefficient (Wildman–Crippen LogP) is 1.46. The molecule has 1 aromatic carbocycles. The molecule has 1 amide bonds. The molecule has 2 heterocycles. The molecule has 0 aromatic heterocycles. The third kappa shape index (κ3) is 7.74. The number of amides is 1. The van der Waals surface area contributed by atoms with Gasteiger partial charge in [-0.3, -0.25) is 9.59 Å². The zero-order valence-corrected chi connectivity index (χ0v) is 19.9. The second-order valence-corrected chi connectivity index (χ2v) is 8.73. The number of aliphatic hydroxyl groups is 1. The number of benzene rings is 1. The van der Waals surface area contributed by atoms with Crippen LogP contribution in [0.1, 0.15) is 36.5 Å². The number of carbonyl (C=O) groups is 2. The number of piperidine rings is 1. The number of esters is 1. The van der Waals surface area contributed by atoms with E-state index in [9.17, 15) is 14.7 Å². The molecule has 2 aliphatic heterocycles. The van der Waals surface area contributed by atoms with Crippen molar-refractivity contribution in [3.8, 4) is 11.5 Å². The van der Waals surface area contributed by atoms with Crippen LogP contribution in [0.4, 0.5) is 0 Å². The predicted molar refractivity (Wildman–Crippen MR) is 124 cm³/mol. The molecule has 9 nitrogen and oxygen atoms in total. The average Bonchev–Trinajstić information content (AvgIpc) is 3.03. The van der Waals surface area contributed by atoms with Crippen LogP contribution in [0.25, 0.3) is 0 Å². The van der Waals surface area contributed by atoms with Gasteiger partial charge in [0.15, 0.2) is 11.5 Å². The third-order valence-corrected chi connectivity index (χ3v) is 6.01. The molecule has 2 atom stereocenters. The molecule has 0 aliphatic carbocycles. The van der Waals surface area contributed by atoms with E-state index in [4.69, 9.17) is 25.8 Å². The third-order valence-electron chi connectivity index (χ3n) is 5.79. The van der Waals surface area contributed by atoms with Crippen molar-refractivity contribution in [1.82, 2.24) is 15.5 Å². The Morgan fingerprint density at radius 3 is 2.91 bits per heavy atom. The van der Waals surface area contributed by atoms with Gasteiger partial charge < -0.3 is 34.9 Å². The first kappa shape index (κ1) is 25.6. The Morgan fingerprint density at radius 2 is 2.12 bits per heavy atom. The summed E-state index contributed by atoms with van der Waals surface area (Å²) in [5.41, 5.74) is 0.349. The number of nitrogens with one attached hydrogen (secondary N) is 2. The zero-order chi connectivity index (χ0) is 23.6. The molecule has 184 valence electrons. The van der Waals surface area contributed by atoms with E-state index in [1.54, 1.807) is 19.1 Å². The van der Waals surface area contributed by atoms with Crippen LogP contribution < -0.4 is 20.1 Å². The highest BCUT2D eigenvalue weighted by Crippen LogP contribution is 2.36. The van der Waals surface area contributed by atoms with Crippen molar-refractivity contribution in [3.63, 3.8) is 0 Å². The van der Waals surface area contributed by atoms with Crippen LogP contribution >= 0.6 is 11.6 Å². The van der Waals surface area contributed by atoms with Crippen LogP contribution in [0.2, 0.25) is 5.02 Å². The number of rotatable bonds is 10. The highest BCUT2D eigenvalue weighted by atomic mass is 35.5. The van der Waals surface area contributed by atoms with Gasteiger partial charge in [-0.25, -0.2) is 0 Å². The molecule has 10 heteroatoms. The van der Waals surface area contributed by atoms with E-state index >= 15 is 0 Å². The second kappa shape index (κ2) is 13.0. The molecule has 1 aromatic rings. The summed E-state index contributed by atoms with van der Waals surface area (Å²) in [6.45, 7) is 6.69. The molecule has 3 rings (SSSR count). The maximum atomic E-state index is 12.8. The SMILES string of the molecule is CCOC(=O)CNCCCN1CC[C@@H](CNC(=O)c2cc(Cl)cc3c2OCCCO3)C(O)C1. The number of β-amino-alcohol motifs (C(OH)–C–C–N with tert-alkyl or cyclic N) is 1. The Bertz CT molecular complexity index is 809. The molecule has 3 N–H and O–H groups in total. The van der Waals surface area contributed by atoms with Gasteiger partial charge in [0, 0.05) is 36.5 Å². The maximum Gasteiger partial charge on any atom is 0.319 e. The van der Waals surface area contributed by atoms with E-state index in [0.29, 0.717) is 61.5 Å². The van der Waals surface area contributed by atoms with Crippen LogP contribution in [0.3, 0.4) is 0 Å². The van der Waals surface area contributed by atoms with Crippen molar-refractivity contribution in [3.05, 3.63) is 22.7 Å². The van der Waals surface area contributed by atoms with E-state index in [1.807, 2.05) is 0 Å². The number of ether oxygens (including phenoxy) is 3. The number of hydrogen-bond acceptors (Lipinski definition) is 8. The normalized spacial score (nSPS) is 20.7. The first-order chi connectivity index (χ1) is 16.0. The quantitative estimate of drug-likeness (QED) is 0.339. The van der Waals surface area contributed by atoms with Crippen molar-refractivity contribution in [2.75, 3.05) is 59.1 Å². The largest absolute Gasteiger partial charge is 0.489 e. The molecule has 1 fully saturated rings. The summed E-state index contributed by atoms with van der Waals surface area (Å²) in [6, 6.07) is 3.24. The molecule has 2 aliphatic rings. The van der Waals surface area contributed by atoms with Gasteiger partial charge in [0.1, 0.15) is 0 Å². The zero-order valence-electron chi connectivity index (χ0n) is 19.1. The van der Waals surface area contributed by atoms with E-state index in [2.05, 4.69) is 15.5 Å². The van der Waals surface area contributed by atoms with Crippen molar-refractivity contribution in [2.24, 2.45) is 5.92 Å². The van der Waals surface area contributed by atoms with Crippen LogP contribution in [0.5, 0.6) is 11.5 Å². The van der Waals surface area contributed by atoms with Gasteiger partial charge in [0.25, 0.3) is 5.91 Å². The van der Waals surface area contributed by atoms with Crippen molar-refractivity contribution >= 4 is 23.5 Å². The number of halogens is 1. The first-order valence-corrected chi connectivity index (χ1v) is 12.0. The van der Waals surface area contributed by atoms with Gasteiger partial charge in [-0.15, -0.1) is 0 Å². The maximum absolute atomic E-state index is 12.8. The van der Waals surface area contributed by atoms with Gasteiger partial charge in [-0.2, -0.15) is 0 Å². The molecule has 0 spiro atoms. The Hall–Kier alpha value is -2.07. The lowest BCUT2D eigenvalue weighted by molar-refractivity contribution is -0.142. The monoisotopic (exact) mass is 483 g/mol. The van der Waals surface area contributed by atoms with Gasteiger partial charge in [-0.05, 0) is 45.5 Å². The van der Waals surface area contributed by atoms with Crippen molar-refractivity contribution in [2.45, 2.75) is 32.3 Å². The van der Waals surface area contributed by atoms with E-state index in [0.717, 1.165) is 32.4 Å². The smallest absolute Gasteiger partial charge is 0.319 e.